The van der Waals surface area contributed by atoms with Crippen molar-refractivity contribution in [3.8, 4) is 0 Å². The lowest BCUT2D eigenvalue weighted by Crippen LogP contribution is -2.47. The topological polar surface area (TPSA) is 63.2 Å². The lowest BCUT2D eigenvalue weighted by molar-refractivity contribution is 0.0511. The van der Waals surface area contributed by atoms with E-state index in [4.69, 9.17) is 4.74 Å². The van der Waals surface area contributed by atoms with Gasteiger partial charge in [0.05, 0.1) is 12.2 Å². The highest BCUT2D eigenvalue weighted by molar-refractivity contribution is 9.10. The van der Waals surface area contributed by atoms with Gasteiger partial charge in [0.2, 0.25) is 0 Å². The summed E-state index contributed by atoms with van der Waals surface area (Å²) in [5, 5.41) is 6.35. The Morgan fingerprint density at radius 3 is 2.68 bits per heavy atom. The summed E-state index contributed by atoms with van der Waals surface area (Å²) in [6, 6.07) is 1.77. The monoisotopic (exact) mass is 413 g/mol. The van der Waals surface area contributed by atoms with Crippen molar-refractivity contribution in [3.05, 3.63) is 28.5 Å². The Hall–Kier alpha value is -0.400. The summed E-state index contributed by atoms with van der Waals surface area (Å²) in [6.07, 6.45) is 5.26. The van der Waals surface area contributed by atoms with Gasteiger partial charge in [-0.05, 0) is 47.9 Å². The van der Waals surface area contributed by atoms with Crippen LogP contribution in [0.3, 0.4) is 0 Å². The minimum absolute atomic E-state index is 0. The van der Waals surface area contributed by atoms with E-state index in [0.717, 1.165) is 30.4 Å². The molecule has 0 radical (unpaired) electrons. The van der Waals surface area contributed by atoms with E-state index in [1.54, 1.807) is 25.6 Å². The van der Waals surface area contributed by atoms with Crippen LogP contribution < -0.4 is 10.6 Å². The summed E-state index contributed by atoms with van der Waals surface area (Å²) >= 11 is 3.32. The molecule has 22 heavy (non-hydrogen) atoms. The Bertz CT molecular complexity index is 466. The van der Waals surface area contributed by atoms with Crippen molar-refractivity contribution in [1.29, 1.82) is 0 Å². The third-order valence-electron chi connectivity index (χ3n) is 3.71. The normalized spacial score (nSPS) is 16.1. The molecule has 0 bridgehead atoms. The van der Waals surface area contributed by atoms with E-state index in [1.165, 1.54) is 0 Å². The number of carbonyl (C=O) groups excluding carboxylic acids is 1. The van der Waals surface area contributed by atoms with Crippen molar-refractivity contribution in [2.24, 2.45) is 5.41 Å². The average molecular weight is 415 g/mol. The standard InChI is InChI=1S/C14H20BrN3O2.2ClH/c1-20-10-14(2-4-16-5-3-14)9-18-13(19)11-6-12(15)8-17-7-11;;/h6-8,16H,2-5,9-10H2,1H3,(H,18,19);2*1H. The van der Waals surface area contributed by atoms with Crippen LogP contribution in [-0.4, -0.2) is 44.2 Å². The van der Waals surface area contributed by atoms with E-state index in [0.29, 0.717) is 18.7 Å². The predicted molar refractivity (Wildman–Crippen MR) is 95.2 cm³/mol. The van der Waals surface area contributed by atoms with Gasteiger partial charge in [0.15, 0.2) is 0 Å². The van der Waals surface area contributed by atoms with E-state index < -0.39 is 0 Å². The molecule has 1 aliphatic rings. The Morgan fingerprint density at radius 2 is 2.09 bits per heavy atom. The fraction of sp³-hybridized carbons (Fsp3) is 0.571. The zero-order valence-electron chi connectivity index (χ0n) is 12.4. The third-order valence-corrected chi connectivity index (χ3v) is 4.14. The fourth-order valence-electron chi connectivity index (χ4n) is 2.54. The van der Waals surface area contributed by atoms with Gasteiger partial charge in [-0.1, -0.05) is 0 Å². The third kappa shape index (κ3) is 6.01. The molecule has 2 heterocycles. The van der Waals surface area contributed by atoms with Crippen molar-refractivity contribution in [2.45, 2.75) is 12.8 Å². The van der Waals surface area contributed by atoms with Crippen molar-refractivity contribution >= 4 is 46.7 Å². The van der Waals surface area contributed by atoms with Crippen molar-refractivity contribution in [1.82, 2.24) is 15.6 Å². The molecule has 0 unspecified atom stereocenters. The SMILES string of the molecule is COCC1(CNC(=O)c2cncc(Br)c2)CCNCC1.Cl.Cl. The summed E-state index contributed by atoms with van der Waals surface area (Å²) in [6.45, 7) is 3.24. The molecule has 126 valence electrons. The van der Waals surface area contributed by atoms with Gasteiger partial charge in [0, 0.05) is 35.9 Å². The number of halogens is 3. The highest BCUT2D eigenvalue weighted by Gasteiger charge is 2.32. The molecule has 5 nitrogen and oxygen atoms in total. The van der Waals surface area contributed by atoms with Crippen LogP contribution >= 0.6 is 40.7 Å². The first-order valence-corrected chi connectivity index (χ1v) is 7.53. The van der Waals surface area contributed by atoms with Gasteiger partial charge in [0.1, 0.15) is 0 Å². The molecule has 1 amide bonds. The van der Waals surface area contributed by atoms with E-state index in [9.17, 15) is 4.79 Å². The van der Waals surface area contributed by atoms with Crippen molar-refractivity contribution in [2.75, 3.05) is 33.4 Å². The van der Waals surface area contributed by atoms with Gasteiger partial charge in [-0.15, -0.1) is 24.8 Å². The van der Waals surface area contributed by atoms with Crippen LogP contribution in [0.25, 0.3) is 0 Å². The second-order valence-corrected chi connectivity index (χ2v) is 6.17. The van der Waals surface area contributed by atoms with Crippen LogP contribution in [0.2, 0.25) is 0 Å². The molecule has 1 saturated heterocycles. The van der Waals surface area contributed by atoms with Crippen molar-refractivity contribution in [3.63, 3.8) is 0 Å². The maximum absolute atomic E-state index is 12.2. The molecule has 0 saturated carbocycles. The Labute approximate surface area is 151 Å². The number of hydrogen-bond acceptors (Lipinski definition) is 4. The number of hydrogen-bond donors (Lipinski definition) is 2. The summed E-state index contributed by atoms with van der Waals surface area (Å²) in [5.41, 5.74) is 0.607. The van der Waals surface area contributed by atoms with Gasteiger partial charge in [-0.3, -0.25) is 9.78 Å². The molecule has 0 spiro atoms. The molecule has 1 fully saturated rings. The Balaban J connectivity index is 0.00000220. The maximum Gasteiger partial charge on any atom is 0.252 e. The Kier molecular flexibility index (Phi) is 10.2. The minimum atomic E-state index is -0.0900. The van der Waals surface area contributed by atoms with E-state index in [2.05, 4.69) is 31.5 Å². The lowest BCUT2D eigenvalue weighted by Gasteiger charge is -2.37. The van der Waals surface area contributed by atoms with Crippen LogP contribution in [0.4, 0.5) is 0 Å². The number of aromatic nitrogens is 1. The minimum Gasteiger partial charge on any atom is -0.384 e. The summed E-state index contributed by atoms with van der Waals surface area (Å²) < 4.78 is 6.15. The van der Waals surface area contributed by atoms with Gasteiger partial charge in [0.25, 0.3) is 5.91 Å². The van der Waals surface area contributed by atoms with Gasteiger partial charge >= 0.3 is 0 Å². The van der Waals surface area contributed by atoms with Crippen LogP contribution in [0, 0.1) is 5.41 Å². The molecule has 2 rings (SSSR count). The number of pyridine rings is 1. The molecule has 1 aromatic rings. The number of amides is 1. The average Bonchev–Trinajstić information content (AvgIpc) is 2.46. The molecule has 1 aromatic heterocycles. The van der Waals surface area contributed by atoms with Crippen LogP contribution in [0.15, 0.2) is 22.9 Å². The predicted octanol–water partition coefficient (Wildman–Crippen LogP) is 2.43. The number of carbonyl (C=O) groups is 1. The molecular formula is C14H22BrCl2N3O2. The van der Waals surface area contributed by atoms with E-state index in [-0.39, 0.29) is 36.1 Å². The smallest absolute Gasteiger partial charge is 0.252 e. The zero-order chi connectivity index (χ0) is 14.4. The molecular weight excluding hydrogens is 393 g/mol. The molecule has 0 aliphatic carbocycles. The molecule has 1 aliphatic heterocycles. The second-order valence-electron chi connectivity index (χ2n) is 5.26. The maximum atomic E-state index is 12.2. The van der Waals surface area contributed by atoms with Gasteiger partial charge < -0.3 is 15.4 Å². The van der Waals surface area contributed by atoms with Gasteiger partial charge in [-0.2, -0.15) is 0 Å². The molecule has 0 aromatic carbocycles. The summed E-state index contributed by atoms with van der Waals surface area (Å²) in [4.78, 5) is 16.2. The first-order valence-electron chi connectivity index (χ1n) is 6.74. The van der Waals surface area contributed by atoms with Crippen LogP contribution in [0.1, 0.15) is 23.2 Å². The highest BCUT2D eigenvalue weighted by Crippen LogP contribution is 2.28. The number of piperidine rings is 1. The number of nitrogens with one attached hydrogen (secondary N) is 2. The van der Waals surface area contributed by atoms with E-state index >= 15 is 0 Å². The first-order chi connectivity index (χ1) is 9.65. The number of rotatable bonds is 5. The molecule has 0 atom stereocenters. The number of nitrogens with zero attached hydrogens (tertiary/aromatic N) is 1. The van der Waals surface area contributed by atoms with Crippen LogP contribution in [-0.2, 0) is 4.74 Å². The molecule has 2 N–H and O–H groups in total. The van der Waals surface area contributed by atoms with Crippen LogP contribution in [0.5, 0.6) is 0 Å². The quantitative estimate of drug-likeness (QED) is 0.776. The van der Waals surface area contributed by atoms with E-state index in [1.807, 2.05) is 0 Å². The fourth-order valence-corrected chi connectivity index (χ4v) is 2.91. The summed E-state index contributed by atoms with van der Waals surface area (Å²) in [5.74, 6) is -0.0900. The number of methoxy groups -OCH3 is 1. The van der Waals surface area contributed by atoms with Gasteiger partial charge in [-0.25, -0.2) is 0 Å². The highest BCUT2D eigenvalue weighted by atomic mass is 79.9. The largest absolute Gasteiger partial charge is 0.384 e. The second kappa shape index (κ2) is 10.4. The van der Waals surface area contributed by atoms with Crippen molar-refractivity contribution < 1.29 is 9.53 Å². The lowest BCUT2D eigenvalue weighted by atomic mass is 9.79. The first kappa shape index (κ1) is 21.6. The zero-order valence-corrected chi connectivity index (χ0v) is 15.7. The number of ether oxygens (including phenoxy) is 1. The summed E-state index contributed by atoms with van der Waals surface area (Å²) in [7, 11) is 1.71. The molecule has 8 heteroatoms. The Morgan fingerprint density at radius 1 is 1.41 bits per heavy atom.